The first-order chi connectivity index (χ1) is 12.1. The molecule has 5 heteroatoms. The Balaban J connectivity index is 1.47. The lowest BCUT2D eigenvalue weighted by atomic mass is 9.98. The molecule has 0 aliphatic rings. The fourth-order valence-corrected chi connectivity index (χ4v) is 3.04. The van der Waals surface area contributed by atoms with Crippen molar-refractivity contribution in [3.05, 3.63) is 70.6 Å². The second-order valence-electron chi connectivity index (χ2n) is 6.32. The maximum atomic E-state index is 12.1. The Morgan fingerprint density at radius 1 is 1.12 bits per heavy atom. The average molecular weight is 337 g/mol. The van der Waals surface area contributed by atoms with Gasteiger partial charge in [0.15, 0.2) is 0 Å². The van der Waals surface area contributed by atoms with Gasteiger partial charge < -0.3 is 10.3 Å². The summed E-state index contributed by atoms with van der Waals surface area (Å²) in [7, 11) is 0. The van der Waals surface area contributed by atoms with E-state index in [4.69, 9.17) is 0 Å². The summed E-state index contributed by atoms with van der Waals surface area (Å²) in [5.41, 5.74) is 2.80. The zero-order chi connectivity index (χ0) is 17.6. The predicted molar refractivity (Wildman–Crippen MR) is 99.7 cm³/mol. The van der Waals surface area contributed by atoms with Crippen molar-refractivity contribution in [2.75, 3.05) is 6.54 Å². The molecule has 0 saturated heterocycles. The van der Waals surface area contributed by atoms with Crippen LogP contribution in [0.3, 0.4) is 0 Å². The largest absolute Gasteiger partial charge is 0.356 e. The van der Waals surface area contributed by atoms with Crippen LogP contribution in [0.1, 0.15) is 31.2 Å². The van der Waals surface area contributed by atoms with Crippen LogP contribution in [0.5, 0.6) is 0 Å². The van der Waals surface area contributed by atoms with Crippen LogP contribution in [0.2, 0.25) is 0 Å². The Hall–Kier alpha value is -2.82. The summed E-state index contributed by atoms with van der Waals surface area (Å²) in [5, 5.41) is 2.95. The number of amides is 1. The number of nitrogens with zero attached hydrogens (tertiary/aromatic N) is 1. The first-order valence-electron chi connectivity index (χ1n) is 8.64. The third kappa shape index (κ3) is 4.18. The van der Waals surface area contributed by atoms with Gasteiger partial charge in [0.25, 0.3) is 0 Å². The van der Waals surface area contributed by atoms with Crippen molar-refractivity contribution in [3.8, 4) is 0 Å². The zero-order valence-corrected chi connectivity index (χ0v) is 14.4. The van der Waals surface area contributed by atoms with Gasteiger partial charge in [-0.15, -0.1) is 0 Å². The molecule has 1 amide bonds. The van der Waals surface area contributed by atoms with E-state index in [1.165, 1.54) is 5.56 Å². The van der Waals surface area contributed by atoms with Gasteiger partial charge in [-0.3, -0.25) is 9.36 Å². The maximum absolute atomic E-state index is 12.1. The van der Waals surface area contributed by atoms with Gasteiger partial charge in [-0.05, 0) is 30.0 Å². The summed E-state index contributed by atoms with van der Waals surface area (Å²) in [6, 6.07) is 17.7. The first-order valence-corrected chi connectivity index (χ1v) is 8.64. The molecule has 0 fully saturated rings. The van der Waals surface area contributed by atoms with E-state index in [9.17, 15) is 9.59 Å². The highest BCUT2D eigenvalue weighted by Crippen LogP contribution is 2.18. The van der Waals surface area contributed by atoms with Gasteiger partial charge in [0, 0.05) is 19.5 Å². The summed E-state index contributed by atoms with van der Waals surface area (Å²) in [4.78, 5) is 26.9. The lowest BCUT2D eigenvalue weighted by molar-refractivity contribution is -0.121. The summed E-state index contributed by atoms with van der Waals surface area (Å²) in [5.74, 6) is 0.236. The fourth-order valence-electron chi connectivity index (χ4n) is 3.04. The van der Waals surface area contributed by atoms with E-state index in [0.29, 0.717) is 25.9 Å². The number of imidazole rings is 1. The fraction of sp³-hybridized carbons (Fsp3) is 0.300. The minimum absolute atomic E-state index is 0.0441. The van der Waals surface area contributed by atoms with Crippen molar-refractivity contribution < 1.29 is 4.79 Å². The van der Waals surface area contributed by atoms with E-state index in [-0.39, 0.29) is 17.5 Å². The van der Waals surface area contributed by atoms with E-state index in [1.807, 2.05) is 54.6 Å². The van der Waals surface area contributed by atoms with Crippen LogP contribution in [0.25, 0.3) is 11.0 Å². The van der Waals surface area contributed by atoms with Gasteiger partial charge >= 0.3 is 5.69 Å². The van der Waals surface area contributed by atoms with Gasteiger partial charge in [-0.1, -0.05) is 49.4 Å². The standard InChI is InChI=1S/C20H23N3O2/c1-15(16-8-3-2-4-9-16)14-19(24)21-12-7-13-23-18-11-6-5-10-17(18)22-20(23)25/h2-6,8-11,15H,7,12-14H2,1H3,(H,21,24)(H,22,25). The Morgan fingerprint density at radius 2 is 1.84 bits per heavy atom. The number of carbonyl (C=O) groups excluding carboxylic acids is 1. The third-order valence-electron chi connectivity index (χ3n) is 4.42. The van der Waals surface area contributed by atoms with Gasteiger partial charge in [0.05, 0.1) is 11.0 Å². The van der Waals surface area contributed by atoms with Crippen LogP contribution < -0.4 is 11.0 Å². The number of aryl methyl sites for hydroxylation is 1. The molecule has 0 aliphatic carbocycles. The van der Waals surface area contributed by atoms with Crippen LogP contribution >= 0.6 is 0 Å². The molecule has 1 aromatic heterocycles. The molecular formula is C20H23N3O2. The highest BCUT2D eigenvalue weighted by atomic mass is 16.2. The summed E-state index contributed by atoms with van der Waals surface area (Å²) >= 11 is 0. The zero-order valence-electron chi connectivity index (χ0n) is 14.4. The van der Waals surface area contributed by atoms with Gasteiger partial charge in [-0.25, -0.2) is 4.79 Å². The minimum Gasteiger partial charge on any atom is -0.356 e. The highest BCUT2D eigenvalue weighted by molar-refractivity contribution is 5.77. The number of benzene rings is 2. The molecule has 0 spiro atoms. The molecule has 2 aromatic carbocycles. The number of H-pyrrole nitrogens is 1. The summed E-state index contributed by atoms with van der Waals surface area (Å²) in [6.07, 6.45) is 1.18. The van der Waals surface area contributed by atoms with Crippen LogP contribution in [-0.2, 0) is 11.3 Å². The molecule has 1 atom stereocenters. The van der Waals surface area contributed by atoms with Gasteiger partial charge in [0.1, 0.15) is 0 Å². The number of aromatic nitrogens is 2. The molecule has 0 bridgehead atoms. The monoisotopic (exact) mass is 337 g/mol. The maximum Gasteiger partial charge on any atom is 0.326 e. The molecule has 3 rings (SSSR count). The number of fused-ring (bicyclic) bond motifs is 1. The summed E-state index contributed by atoms with van der Waals surface area (Å²) < 4.78 is 1.72. The molecule has 0 radical (unpaired) electrons. The molecule has 5 nitrogen and oxygen atoms in total. The van der Waals surface area contributed by atoms with E-state index in [0.717, 1.165) is 11.0 Å². The molecule has 0 saturated carbocycles. The van der Waals surface area contributed by atoms with E-state index in [1.54, 1.807) is 4.57 Å². The second-order valence-corrected chi connectivity index (χ2v) is 6.32. The van der Waals surface area contributed by atoms with Crippen LogP contribution in [0.15, 0.2) is 59.4 Å². The number of rotatable bonds is 7. The van der Waals surface area contributed by atoms with Crippen LogP contribution in [0, 0.1) is 0 Å². The van der Waals surface area contributed by atoms with E-state index < -0.39 is 0 Å². The number of hydrogen-bond acceptors (Lipinski definition) is 2. The highest BCUT2D eigenvalue weighted by Gasteiger charge is 2.11. The quantitative estimate of drug-likeness (QED) is 0.651. The van der Waals surface area contributed by atoms with Gasteiger partial charge in [-0.2, -0.15) is 0 Å². The SMILES string of the molecule is CC(CC(=O)NCCCn1c(=O)[nH]c2ccccc21)c1ccccc1. The van der Waals surface area contributed by atoms with Crippen LogP contribution in [-0.4, -0.2) is 22.0 Å². The molecular weight excluding hydrogens is 314 g/mol. The molecule has 0 aliphatic heterocycles. The first kappa shape index (κ1) is 17.0. The van der Waals surface area contributed by atoms with Crippen LogP contribution in [0.4, 0.5) is 0 Å². The van der Waals surface area contributed by atoms with Crippen molar-refractivity contribution in [1.29, 1.82) is 0 Å². The number of para-hydroxylation sites is 2. The molecule has 1 heterocycles. The smallest absolute Gasteiger partial charge is 0.326 e. The van der Waals surface area contributed by atoms with E-state index >= 15 is 0 Å². The second kappa shape index (κ2) is 7.83. The van der Waals surface area contributed by atoms with Crippen molar-refractivity contribution in [2.24, 2.45) is 0 Å². The molecule has 130 valence electrons. The Bertz CT molecular complexity index is 896. The van der Waals surface area contributed by atoms with Gasteiger partial charge in [0.2, 0.25) is 5.91 Å². The van der Waals surface area contributed by atoms with Crippen molar-refractivity contribution in [1.82, 2.24) is 14.9 Å². The number of aromatic amines is 1. The topological polar surface area (TPSA) is 66.9 Å². The summed E-state index contributed by atoms with van der Waals surface area (Å²) in [6.45, 7) is 3.20. The number of carbonyl (C=O) groups is 1. The van der Waals surface area contributed by atoms with Crippen molar-refractivity contribution in [2.45, 2.75) is 32.2 Å². The minimum atomic E-state index is -0.106. The lowest BCUT2D eigenvalue weighted by Crippen LogP contribution is -2.27. The van der Waals surface area contributed by atoms with Crippen molar-refractivity contribution in [3.63, 3.8) is 0 Å². The molecule has 1 unspecified atom stereocenters. The number of hydrogen-bond donors (Lipinski definition) is 2. The predicted octanol–water partition coefficient (Wildman–Crippen LogP) is 3.03. The number of nitrogens with one attached hydrogen (secondary N) is 2. The normalized spacial score (nSPS) is 12.2. The third-order valence-corrected chi connectivity index (χ3v) is 4.42. The van der Waals surface area contributed by atoms with E-state index in [2.05, 4.69) is 17.2 Å². The molecule has 3 aromatic rings. The average Bonchev–Trinajstić information content (AvgIpc) is 2.95. The molecule has 25 heavy (non-hydrogen) atoms. The molecule has 2 N–H and O–H groups in total. The Morgan fingerprint density at radius 3 is 2.64 bits per heavy atom. The lowest BCUT2D eigenvalue weighted by Gasteiger charge is -2.12. The Labute approximate surface area is 146 Å². The van der Waals surface area contributed by atoms with Crippen molar-refractivity contribution >= 4 is 16.9 Å². The Kier molecular flexibility index (Phi) is 5.33.